The van der Waals surface area contributed by atoms with E-state index in [0.29, 0.717) is 0 Å². The molecule has 4 heteroatoms. The first-order valence-corrected chi connectivity index (χ1v) is 8.90. The number of allylic oxidation sites excluding steroid dienone is 7. The third-order valence-electron chi connectivity index (χ3n) is 3.59. The molecule has 0 radical (unpaired) electrons. The monoisotopic (exact) mass is 336 g/mol. The average Bonchev–Trinajstić information content (AvgIpc) is 2.57. The Morgan fingerprint density at radius 2 is 1.54 bits per heavy atom. The summed E-state index contributed by atoms with van der Waals surface area (Å²) in [5.41, 5.74) is 0. The molecule has 4 nitrogen and oxygen atoms in total. The predicted octanol–water partition coefficient (Wildman–Crippen LogP) is 5.68. The highest BCUT2D eigenvalue weighted by Crippen LogP contribution is 2.13. The van der Waals surface area contributed by atoms with Gasteiger partial charge >= 0.3 is 5.97 Å². The SMILES string of the molecule is CCCC(CCCCCCCC=CC=CC=CC=CC(=O)O)OO. The summed E-state index contributed by atoms with van der Waals surface area (Å²) in [6.07, 6.45) is 24.0. The standard InChI is InChI=1S/C20H32O4/c1-2-16-19(24-23)17-14-12-10-8-6-4-3-5-7-9-11-13-15-18-20(21)22/h3,5,7,9,11,13,15,18-19,23H,2,4,6,8,10,12,14,16-17H2,1H3,(H,21,22). The molecular weight excluding hydrogens is 304 g/mol. The molecule has 0 heterocycles. The topological polar surface area (TPSA) is 66.8 Å². The van der Waals surface area contributed by atoms with E-state index in [-0.39, 0.29) is 6.10 Å². The highest BCUT2D eigenvalue weighted by molar-refractivity contribution is 5.80. The van der Waals surface area contributed by atoms with Crippen molar-refractivity contribution in [2.75, 3.05) is 0 Å². The van der Waals surface area contributed by atoms with Gasteiger partial charge in [0.1, 0.15) is 0 Å². The molecule has 1 atom stereocenters. The van der Waals surface area contributed by atoms with Gasteiger partial charge in [-0.2, -0.15) is 0 Å². The van der Waals surface area contributed by atoms with Crippen molar-refractivity contribution in [3.8, 4) is 0 Å². The highest BCUT2D eigenvalue weighted by atomic mass is 17.1. The lowest BCUT2D eigenvalue weighted by atomic mass is 10.0. The van der Waals surface area contributed by atoms with Crippen molar-refractivity contribution < 1.29 is 20.0 Å². The Bertz CT molecular complexity index is 408. The molecular formula is C20H32O4. The van der Waals surface area contributed by atoms with Crippen LogP contribution in [0.1, 0.15) is 64.7 Å². The summed E-state index contributed by atoms with van der Waals surface area (Å²) in [6.45, 7) is 2.10. The molecule has 0 saturated heterocycles. The van der Waals surface area contributed by atoms with Crippen LogP contribution in [-0.2, 0) is 9.68 Å². The van der Waals surface area contributed by atoms with Crippen molar-refractivity contribution in [3.05, 3.63) is 48.6 Å². The number of hydrogen-bond acceptors (Lipinski definition) is 3. The molecule has 0 aliphatic heterocycles. The van der Waals surface area contributed by atoms with Gasteiger partial charge in [0.05, 0.1) is 6.10 Å². The molecule has 0 saturated carbocycles. The third kappa shape index (κ3) is 16.7. The first-order valence-electron chi connectivity index (χ1n) is 8.90. The first kappa shape index (κ1) is 22.4. The molecule has 0 rings (SSSR count). The molecule has 0 aromatic carbocycles. The minimum absolute atomic E-state index is 0.0124. The zero-order valence-corrected chi connectivity index (χ0v) is 14.8. The Balaban J connectivity index is 3.48. The lowest BCUT2D eigenvalue weighted by molar-refractivity contribution is -0.281. The van der Waals surface area contributed by atoms with Crippen molar-refractivity contribution in [2.24, 2.45) is 0 Å². The summed E-state index contributed by atoms with van der Waals surface area (Å²) in [5, 5.41) is 17.1. The lowest BCUT2D eigenvalue weighted by Crippen LogP contribution is -2.09. The Morgan fingerprint density at radius 3 is 2.21 bits per heavy atom. The molecule has 136 valence electrons. The molecule has 0 aromatic rings. The molecule has 24 heavy (non-hydrogen) atoms. The van der Waals surface area contributed by atoms with Crippen LogP contribution in [0.2, 0.25) is 0 Å². The zero-order valence-electron chi connectivity index (χ0n) is 14.8. The Labute approximate surface area is 146 Å². The Kier molecular flexibility index (Phi) is 16.5. The van der Waals surface area contributed by atoms with Gasteiger partial charge in [-0.3, -0.25) is 5.26 Å². The van der Waals surface area contributed by atoms with Crippen molar-refractivity contribution in [1.82, 2.24) is 0 Å². The summed E-state index contributed by atoms with van der Waals surface area (Å²) in [4.78, 5) is 14.7. The van der Waals surface area contributed by atoms with Crippen molar-refractivity contribution in [1.29, 1.82) is 0 Å². The number of hydrogen-bond donors (Lipinski definition) is 2. The largest absolute Gasteiger partial charge is 0.478 e. The fourth-order valence-electron chi connectivity index (χ4n) is 2.31. The van der Waals surface area contributed by atoms with Gasteiger partial charge in [-0.05, 0) is 25.7 Å². The van der Waals surface area contributed by atoms with Gasteiger partial charge in [0.15, 0.2) is 0 Å². The second kappa shape index (κ2) is 17.7. The summed E-state index contributed by atoms with van der Waals surface area (Å²) in [7, 11) is 0. The molecule has 0 aliphatic rings. The van der Waals surface area contributed by atoms with Crippen LogP contribution in [0.3, 0.4) is 0 Å². The van der Waals surface area contributed by atoms with Crippen molar-refractivity contribution >= 4 is 5.97 Å². The second-order valence-electron chi connectivity index (χ2n) is 5.76. The Hall–Kier alpha value is -1.65. The van der Waals surface area contributed by atoms with E-state index in [4.69, 9.17) is 10.4 Å². The number of aliphatic carboxylic acids is 1. The molecule has 0 amide bonds. The average molecular weight is 336 g/mol. The fourth-order valence-corrected chi connectivity index (χ4v) is 2.31. The van der Waals surface area contributed by atoms with Crippen LogP contribution < -0.4 is 0 Å². The van der Waals surface area contributed by atoms with E-state index >= 15 is 0 Å². The number of carbonyl (C=O) groups is 1. The molecule has 0 aromatic heterocycles. The summed E-state index contributed by atoms with van der Waals surface area (Å²) in [6, 6.07) is 0. The molecule has 0 aliphatic carbocycles. The number of rotatable bonds is 15. The van der Waals surface area contributed by atoms with Crippen LogP contribution in [0.5, 0.6) is 0 Å². The van der Waals surface area contributed by atoms with Crippen LogP contribution in [0, 0.1) is 0 Å². The fraction of sp³-hybridized carbons (Fsp3) is 0.550. The van der Waals surface area contributed by atoms with E-state index < -0.39 is 5.97 Å². The van der Waals surface area contributed by atoms with E-state index in [1.54, 1.807) is 12.2 Å². The van der Waals surface area contributed by atoms with Gasteiger partial charge in [-0.15, -0.1) is 0 Å². The van der Waals surface area contributed by atoms with Crippen LogP contribution in [0.4, 0.5) is 0 Å². The maximum atomic E-state index is 10.2. The second-order valence-corrected chi connectivity index (χ2v) is 5.76. The molecule has 0 fully saturated rings. The van der Waals surface area contributed by atoms with E-state index in [9.17, 15) is 4.79 Å². The predicted molar refractivity (Wildman–Crippen MR) is 98.9 cm³/mol. The van der Waals surface area contributed by atoms with Gasteiger partial charge in [0, 0.05) is 6.08 Å². The number of carboxylic acids is 1. The summed E-state index contributed by atoms with van der Waals surface area (Å²) in [5.74, 6) is -0.939. The molecule has 0 spiro atoms. The highest BCUT2D eigenvalue weighted by Gasteiger charge is 2.06. The summed E-state index contributed by atoms with van der Waals surface area (Å²) >= 11 is 0. The molecule has 0 bridgehead atoms. The van der Waals surface area contributed by atoms with Gasteiger partial charge in [0.25, 0.3) is 0 Å². The van der Waals surface area contributed by atoms with E-state index in [0.717, 1.165) is 38.2 Å². The maximum Gasteiger partial charge on any atom is 0.328 e. The number of unbranched alkanes of at least 4 members (excludes halogenated alkanes) is 5. The van der Waals surface area contributed by atoms with Gasteiger partial charge in [0.2, 0.25) is 0 Å². The Morgan fingerprint density at radius 1 is 0.917 bits per heavy atom. The first-order chi connectivity index (χ1) is 11.7. The zero-order chi connectivity index (χ0) is 17.9. The van der Waals surface area contributed by atoms with E-state index in [1.807, 2.05) is 18.2 Å². The van der Waals surface area contributed by atoms with Gasteiger partial charge in [-0.1, -0.05) is 81.6 Å². The van der Waals surface area contributed by atoms with Crippen LogP contribution in [0.25, 0.3) is 0 Å². The third-order valence-corrected chi connectivity index (χ3v) is 3.59. The quantitative estimate of drug-likeness (QED) is 0.133. The number of carboxylic acid groups (broad SMARTS) is 1. The van der Waals surface area contributed by atoms with Gasteiger partial charge < -0.3 is 5.11 Å². The van der Waals surface area contributed by atoms with Crippen molar-refractivity contribution in [3.63, 3.8) is 0 Å². The van der Waals surface area contributed by atoms with Crippen molar-refractivity contribution in [2.45, 2.75) is 70.8 Å². The van der Waals surface area contributed by atoms with Crippen LogP contribution in [-0.4, -0.2) is 22.4 Å². The minimum Gasteiger partial charge on any atom is -0.478 e. The summed E-state index contributed by atoms with van der Waals surface area (Å²) < 4.78 is 0. The van der Waals surface area contributed by atoms with Gasteiger partial charge in [-0.25, -0.2) is 9.68 Å². The van der Waals surface area contributed by atoms with E-state index in [2.05, 4.69) is 17.9 Å². The maximum absolute atomic E-state index is 10.2. The van der Waals surface area contributed by atoms with E-state index in [1.165, 1.54) is 31.8 Å². The lowest BCUT2D eigenvalue weighted by Gasteiger charge is -2.11. The normalized spacial score (nSPS) is 13.8. The minimum atomic E-state index is -0.939. The smallest absolute Gasteiger partial charge is 0.328 e. The molecule has 2 N–H and O–H groups in total. The van der Waals surface area contributed by atoms with Crippen LogP contribution >= 0.6 is 0 Å². The van der Waals surface area contributed by atoms with Crippen LogP contribution in [0.15, 0.2) is 48.6 Å². The molecule has 1 unspecified atom stereocenters.